The summed E-state index contributed by atoms with van der Waals surface area (Å²) in [5, 5.41) is 13.4. The number of aromatic nitrogens is 1. The molecule has 2 N–H and O–H groups in total. The van der Waals surface area contributed by atoms with E-state index in [4.69, 9.17) is 23.9 Å². The highest BCUT2D eigenvalue weighted by atomic mass is 16.5. The lowest BCUT2D eigenvalue weighted by molar-refractivity contribution is 0.0932. The first-order valence-electron chi connectivity index (χ1n) is 12.3. The minimum absolute atomic E-state index is 0.0423. The summed E-state index contributed by atoms with van der Waals surface area (Å²) in [4.78, 5) is 18.6. The molecular formula is C30H32N2O6. The lowest BCUT2D eigenvalue weighted by Crippen LogP contribution is -2.37. The molecule has 0 fully saturated rings. The number of aliphatic hydroxyl groups excluding tert-OH is 1. The summed E-state index contributed by atoms with van der Waals surface area (Å²) in [6.07, 6.45) is 1.02. The molecule has 0 aliphatic rings. The maximum Gasteiger partial charge on any atom is 0.252 e. The quantitative estimate of drug-likeness (QED) is 0.299. The van der Waals surface area contributed by atoms with Crippen LogP contribution in [0.25, 0.3) is 22.2 Å². The summed E-state index contributed by atoms with van der Waals surface area (Å²) >= 11 is 0. The van der Waals surface area contributed by atoms with Crippen molar-refractivity contribution in [2.45, 2.75) is 18.9 Å². The van der Waals surface area contributed by atoms with Crippen molar-refractivity contribution in [1.29, 1.82) is 0 Å². The largest absolute Gasteiger partial charge is 0.497 e. The summed E-state index contributed by atoms with van der Waals surface area (Å²) in [6.45, 7) is -0.0423. The zero-order valence-electron chi connectivity index (χ0n) is 22.0. The maximum absolute atomic E-state index is 13.7. The van der Waals surface area contributed by atoms with Crippen LogP contribution in [0.5, 0.6) is 23.0 Å². The van der Waals surface area contributed by atoms with Gasteiger partial charge in [-0.3, -0.25) is 4.79 Å². The monoisotopic (exact) mass is 516 g/mol. The van der Waals surface area contributed by atoms with Gasteiger partial charge in [-0.2, -0.15) is 0 Å². The van der Waals surface area contributed by atoms with Crippen LogP contribution in [0.3, 0.4) is 0 Å². The van der Waals surface area contributed by atoms with Crippen LogP contribution in [0.4, 0.5) is 0 Å². The van der Waals surface area contributed by atoms with Crippen LogP contribution < -0.4 is 24.3 Å². The van der Waals surface area contributed by atoms with Gasteiger partial charge in [0.05, 0.1) is 45.2 Å². The lowest BCUT2D eigenvalue weighted by atomic mass is 10.0. The number of aliphatic hydroxyl groups is 1. The fraction of sp³-hybridized carbons (Fsp3) is 0.267. The fourth-order valence-electron chi connectivity index (χ4n) is 4.44. The molecule has 1 heterocycles. The molecular weight excluding hydrogens is 484 g/mol. The third-order valence-electron chi connectivity index (χ3n) is 6.36. The predicted octanol–water partition coefficient (Wildman–Crippen LogP) is 4.66. The molecule has 0 aliphatic carbocycles. The van der Waals surface area contributed by atoms with Crippen LogP contribution in [0.15, 0.2) is 66.7 Å². The van der Waals surface area contributed by atoms with Crippen molar-refractivity contribution in [3.8, 4) is 34.3 Å². The molecule has 0 bridgehead atoms. The van der Waals surface area contributed by atoms with Crippen molar-refractivity contribution in [1.82, 2.24) is 10.3 Å². The van der Waals surface area contributed by atoms with Gasteiger partial charge < -0.3 is 29.4 Å². The van der Waals surface area contributed by atoms with E-state index in [2.05, 4.69) is 5.32 Å². The SMILES string of the molecule is COc1ccc2nc(-c3cc(OC)c(OC)c(OC)c3)cc(C(=O)N[C@@H](CCO)Cc3ccccc3)c2c1. The first kappa shape index (κ1) is 26.8. The topological polar surface area (TPSA) is 99.1 Å². The second kappa shape index (κ2) is 12.3. The molecule has 3 aromatic carbocycles. The minimum Gasteiger partial charge on any atom is -0.497 e. The standard InChI is InChI=1S/C30H32N2O6/c1-35-22-10-11-25-23(17-22)24(30(34)31-21(12-13-33)14-19-8-6-5-7-9-19)18-26(32-25)20-15-27(36-2)29(38-4)28(16-20)37-3/h5-11,15-18,21,33H,12-14H2,1-4H3,(H,31,34)/t21-/m0/s1. The summed E-state index contributed by atoms with van der Waals surface area (Å²) in [7, 11) is 6.22. The third kappa shape index (κ3) is 5.81. The van der Waals surface area contributed by atoms with E-state index in [0.29, 0.717) is 63.6 Å². The normalized spacial score (nSPS) is 11.6. The van der Waals surface area contributed by atoms with Gasteiger partial charge in [0.25, 0.3) is 5.91 Å². The van der Waals surface area contributed by atoms with Gasteiger partial charge in [-0.1, -0.05) is 30.3 Å². The summed E-state index contributed by atoms with van der Waals surface area (Å²) < 4.78 is 21.9. The second-order valence-electron chi connectivity index (χ2n) is 8.72. The fourth-order valence-corrected chi connectivity index (χ4v) is 4.44. The Morgan fingerprint density at radius 2 is 1.61 bits per heavy atom. The van der Waals surface area contributed by atoms with Crippen molar-refractivity contribution in [3.05, 3.63) is 77.9 Å². The van der Waals surface area contributed by atoms with Gasteiger partial charge in [-0.15, -0.1) is 0 Å². The highest BCUT2D eigenvalue weighted by molar-refractivity contribution is 6.07. The zero-order valence-corrected chi connectivity index (χ0v) is 22.0. The Balaban J connectivity index is 1.80. The van der Waals surface area contributed by atoms with Gasteiger partial charge in [0, 0.05) is 23.6 Å². The number of hydrogen-bond acceptors (Lipinski definition) is 7. The van der Waals surface area contributed by atoms with E-state index < -0.39 is 0 Å². The maximum atomic E-state index is 13.7. The van der Waals surface area contributed by atoms with Crippen LogP contribution in [-0.2, 0) is 6.42 Å². The predicted molar refractivity (Wildman–Crippen MR) is 146 cm³/mol. The Labute approximate surface area is 222 Å². The van der Waals surface area contributed by atoms with E-state index in [9.17, 15) is 9.90 Å². The molecule has 38 heavy (non-hydrogen) atoms. The van der Waals surface area contributed by atoms with Gasteiger partial charge in [-0.05, 0) is 54.8 Å². The molecule has 0 aliphatic heterocycles. The Bertz CT molecular complexity index is 1380. The van der Waals surface area contributed by atoms with Gasteiger partial charge in [0.1, 0.15) is 5.75 Å². The molecule has 4 rings (SSSR count). The number of carbonyl (C=O) groups excluding carboxylic acids is 1. The Kier molecular flexibility index (Phi) is 8.66. The van der Waals surface area contributed by atoms with E-state index in [1.54, 1.807) is 58.8 Å². The molecule has 0 saturated carbocycles. The number of amides is 1. The highest BCUT2D eigenvalue weighted by Gasteiger charge is 2.21. The summed E-state index contributed by atoms with van der Waals surface area (Å²) in [5.41, 5.74) is 3.40. The zero-order chi connectivity index (χ0) is 27.1. The first-order valence-corrected chi connectivity index (χ1v) is 12.3. The van der Waals surface area contributed by atoms with Crippen LogP contribution in [0.2, 0.25) is 0 Å². The molecule has 0 saturated heterocycles. The summed E-state index contributed by atoms with van der Waals surface area (Å²) in [5.74, 6) is 1.78. The Hall–Kier alpha value is -4.30. The number of pyridine rings is 1. The number of ether oxygens (including phenoxy) is 4. The van der Waals surface area contributed by atoms with E-state index in [1.165, 1.54) is 0 Å². The van der Waals surface area contributed by atoms with Crippen molar-refractivity contribution >= 4 is 16.8 Å². The van der Waals surface area contributed by atoms with E-state index in [1.807, 2.05) is 36.4 Å². The van der Waals surface area contributed by atoms with Crippen LogP contribution in [-0.4, -0.2) is 57.1 Å². The number of carbonyl (C=O) groups is 1. The highest BCUT2D eigenvalue weighted by Crippen LogP contribution is 2.41. The number of nitrogens with one attached hydrogen (secondary N) is 1. The number of methoxy groups -OCH3 is 4. The van der Waals surface area contributed by atoms with E-state index >= 15 is 0 Å². The van der Waals surface area contributed by atoms with E-state index in [-0.39, 0.29) is 18.6 Å². The molecule has 4 aromatic rings. The number of hydrogen-bond donors (Lipinski definition) is 2. The molecule has 8 nitrogen and oxygen atoms in total. The summed E-state index contributed by atoms with van der Waals surface area (Å²) in [6, 6.07) is 20.4. The second-order valence-corrected chi connectivity index (χ2v) is 8.72. The lowest BCUT2D eigenvalue weighted by Gasteiger charge is -2.19. The first-order chi connectivity index (χ1) is 18.5. The third-order valence-corrected chi connectivity index (χ3v) is 6.36. The van der Waals surface area contributed by atoms with Crippen molar-refractivity contribution in [3.63, 3.8) is 0 Å². The van der Waals surface area contributed by atoms with Gasteiger partial charge in [0.15, 0.2) is 11.5 Å². The van der Waals surface area contributed by atoms with Crippen LogP contribution in [0, 0.1) is 0 Å². The number of benzene rings is 3. The minimum atomic E-state index is -0.270. The molecule has 1 atom stereocenters. The molecule has 198 valence electrons. The molecule has 0 unspecified atom stereocenters. The molecule has 0 spiro atoms. The van der Waals surface area contributed by atoms with Crippen LogP contribution >= 0.6 is 0 Å². The average Bonchev–Trinajstić information content (AvgIpc) is 2.95. The van der Waals surface area contributed by atoms with Crippen molar-refractivity contribution in [2.24, 2.45) is 0 Å². The Morgan fingerprint density at radius 1 is 0.895 bits per heavy atom. The molecule has 1 amide bonds. The van der Waals surface area contributed by atoms with Gasteiger partial charge in [0.2, 0.25) is 5.75 Å². The smallest absolute Gasteiger partial charge is 0.252 e. The van der Waals surface area contributed by atoms with Gasteiger partial charge >= 0.3 is 0 Å². The van der Waals surface area contributed by atoms with Gasteiger partial charge in [-0.25, -0.2) is 4.98 Å². The molecule has 8 heteroatoms. The number of nitrogens with zero attached hydrogens (tertiary/aromatic N) is 1. The Morgan fingerprint density at radius 3 is 2.21 bits per heavy atom. The molecule has 1 aromatic heterocycles. The van der Waals surface area contributed by atoms with E-state index in [0.717, 1.165) is 5.56 Å². The van der Waals surface area contributed by atoms with Crippen molar-refractivity contribution in [2.75, 3.05) is 35.0 Å². The number of rotatable bonds is 11. The number of fused-ring (bicyclic) bond motifs is 1. The average molecular weight is 517 g/mol. The molecule has 0 radical (unpaired) electrons. The van der Waals surface area contributed by atoms with Crippen LogP contribution in [0.1, 0.15) is 22.3 Å². The van der Waals surface area contributed by atoms with Crippen molar-refractivity contribution < 1.29 is 28.8 Å².